The third-order valence-electron chi connectivity index (χ3n) is 5.97. The van der Waals surface area contributed by atoms with Gasteiger partial charge in [0.2, 0.25) is 5.91 Å². The summed E-state index contributed by atoms with van der Waals surface area (Å²) in [4.78, 5) is 23.9. The van der Waals surface area contributed by atoms with Gasteiger partial charge in [-0.1, -0.05) is 25.7 Å². The van der Waals surface area contributed by atoms with Gasteiger partial charge in [-0.05, 0) is 25.3 Å². The highest BCUT2D eigenvalue weighted by Gasteiger charge is 2.25. The molecule has 1 atom stereocenters. The summed E-state index contributed by atoms with van der Waals surface area (Å²) in [6, 6.07) is 0. The third-order valence-corrected chi connectivity index (χ3v) is 5.97. The lowest BCUT2D eigenvalue weighted by Crippen LogP contribution is -2.36. The number of carbonyl (C=O) groups is 1. The molecular weight excluding hydrogens is 300 g/mol. The van der Waals surface area contributed by atoms with E-state index in [1.807, 2.05) is 11.1 Å². The third kappa shape index (κ3) is 3.46. The summed E-state index contributed by atoms with van der Waals surface area (Å²) in [6.45, 7) is 3.57. The van der Waals surface area contributed by atoms with Crippen LogP contribution in [0.15, 0.2) is 6.20 Å². The average molecular weight is 328 g/mol. The number of hydrogen-bond donors (Lipinski definition) is 1. The van der Waals surface area contributed by atoms with Gasteiger partial charge in [-0.25, -0.2) is 9.97 Å². The zero-order valence-electron chi connectivity index (χ0n) is 14.5. The first-order chi connectivity index (χ1) is 11.8. The van der Waals surface area contributed by atoms with Crippen LogP contribution in [0.2, 0.25) is 0 Å². The van der Waals surface area contributed by atoms with Gasteiger partial charge in [-0.3, -0.25) is 4.79 Å². The predicted molar refractivity (Wildman–Crippen MR) is 92.6 cm³/mol. The average Bonchev–Trinajstić information content (AvgIpc) is 3.32. The van der Waals surface area contributed by atoms with Crippen molar-refractivity contribution in [2.45, 2.75) is 63.8 Å². The molecule has 1 saturated carbocycles. The SMILES string of the molecule is O=C(CCC1CCCC1)N1CCc2nc(C3CCNC3)ncc2C1. The van der Waals surface area contributed by atoms with E-state index in [1.54, 1.807) is 0 Å². The van der Waals surface area contributed by atoms with Gasteiger partial charge in [0.05, 0.1) is 5.69 Å². The van der Waals surface area contributed by atoms with Crippen LogP contribution in [0.5, 0.6) is 0 Å². The molecule has 5 nitrogen and oxygen atoms in total. The highest BCUT2D eigenvalue weighted by atomic mass is 16.2. The topological polar surface area (TPSA) is 58.1 Å². The first-order valence-corrected chi connectivity index (χ1v) is 9.63. The monoisotopic (exact) mass is 328 g/mol. The summed E-state index contributed by atoms with van der Waals surface area (Å²) in [5, 5.41) is 3.38. The summed E-state index contributed by atoms with van der Waals surface area (Å²) in [5.74, 6) is 2.55. The molecule has 1 aromatic rings. The minimum absolute atomic E-state index is 0.316. The Kier molecular flexibility index (Phi) is 4.79. The lowest BCUT2D eigenvalue weighted by atomic mass is 10.0. The van der Waals surface area contributed by atoms with E-state index in [1.165, 1.54) is 25.7 Å². The van der Waals surface area contributed by atoms with Crippen LogP contribution in [0.3, 0.4) is 0 Å². The van der Waals surface area contributed by atoms with E-state index in [-0.39, 0.29) is 0 Å². The normalized spacial score (nSPS) is 24.3. The molecule has 1 N–H and O–H groups in total. The van der Waals surface area contributed by atoms with Gasteiger partial charge in [0.1, 0.15) is 5.82 Å². The molecule has 3 aliphatic rings. The van der Waals surface area contributed by atoms with E-state index in [0.29, 0.717) is 24.8 Å². The van der Waals surface area contributed by atoms with Crippen molar-refractivity contribution < 1.29 is 4.79 Å². The first kappa shape index (κ1) is 16.0. The Morgan fingerprint density at radius 3 is 2.96 bits per heavy atom. The second-order valence-corrected chi connectivity index (χ2v) is 7.64. The second-order valence-electron chi connectivity index (χ2n) is 7.64. The second kappa shape index (κ2) is 7.18. The molecule has 2 aliphatic heterocycles. The summed E-state index contributed by atoms with van der Waals surface area (Å²) < 4.78 is 0. The van der Waals surface area contributed by atoms with Gasteiger partial charge in [-0.2, -0.15) is 0 Å². The molecule has 1 aromatic heterocycles. The summed E-state index contributed by atoms with van der Waals surface area (Å²) in [7, 11) is 0. The number of nitrogens with zero attached hydrogens (tertiary/aromatic N) is 3. The van der Waals surface area contributed by atoms with Crippen LogP contribution in [0.25, 0.3) is 0 Å². The molecule has 4 rings (SSSR count). The van der Waals surface area contributed by atoms with Gasteiger partial charge in [0.15, 0.2) is 0 Å². The van der Waals surface area contributed by atoms with Crippen molar-refractivity contribution in [1.29, 1.82) is 0 Å². The molecule has 1 aliphatic carbocycles. The Morgan fingerprint density at radius 2 is 2.17 bits per heavy atom. The van der Waals surface area contributed by atoms with Crippen molar-refractivity contribution in [3.63, 3.8) is 0 Å². The lowest BCUT2D eigenvalue weighted by molar-refractivity contribution is -0.132. The van der Waals surface area contributed by atoms with E-state index in [0.717, 1.165) is 61.9 Å². The fraction of sp³-hybridized carbons (Fsp3) is 0.737. The Bertz CT molecular complexity index is 591. The van der Waals surface area contributed by atoms with Crippen molar-refractivity contribution in [1.82, 2.24) is 20.2 Å². The molecule has 130 valence electrons. The number of aromatic nitrogens is 2. The molecule has 0 radical (unpaired) electrons. The lowest BCUT2D eigenvalue weighted by Gasteiger charge is -2.29. The molecule has 0 aromatic carbocycles. The fourth-order valence-corrected chi connectivity index (χ4v) is 4.40. The van der Waals surface area contributed by atoms with E-state index in [2.05, 4.69) is 10.3 Å². The van der Waals surface area contributed by atoms with Crippen molar-refractivity contribution in [3.05, 3.63) is 23.3 Å². The smallest absolute Gasteiger partial charge is 0.222 e. The van der Waals surface area contributed by atoms with Gasteiger partial charge in [0, 0.05) is 50.2 Å². The standard InChI is InChI=1S/C19H28N4O/c24-18(6-5-14-3-1-2-4-14)23-10-8-17-16(13-23)12-21-19(22-17)15-7-9-20-11-15/h12,14-15,20H,1-11,13H2. The van der Waals surface area contributed by atoms with Crippen LogP contribution in [-0.4, -0.2) is 40.4 Å². The number of nitrogens with one attached hydrogen (secondary N) is 1. The van der Waals surface area contributed by atoms with Crippen LogP contribution in [0.1, 0.15) is 67.9 Å². The maximum absolute atomic E-state index is 12.5. The van der Waals surface area contributed by atoms with Crippen LogP contribution in [0, 0.1) is 5.92 Å². The number of amides is 1. The molecule has 5 heteroatoms. The van der Waals surface area contributed by atoms with E-state index >= 15 is 0 Å². The van der Waals surface area contributed by atoms with Crippen molar-refractivity contribution >= 4 is 5.91 Å². The molecule has 1 amide bonds. The van der Waals surface area contributed by atoms with Gasteiger partial charge in [0.25, 0.3) is 0 Å². The fourth-order valence-electron chi connectivity index (χ4n) is 4.40. The molecule has 3 heterocycles. The number of hydrogen-bond acceptors (Lipinski definition) is 4. The molecular formula is C19H28N4O. The highest BCUT2D eigenvalue weighted by molar-refractivity contribution is 5.76. The van der Waals surface area contributed by atoms with Gasteiger partial charge < -0.3 is 10.2 Å². The summed E-state index contributed by atoms with van der Waals surface area (Å²) in [5.41, 5.74) is 2.30. The molecule has 24 heavy (non-hydrogen) atoms. The molecule has 2 fully saturated rings. The molecule has 1 saturated heterocycles. The van der Waals surface area contributed by atoms with E-state index in [4.69, 9.17) is 4.98 Å². The number of fused-ring (bicyclic) bond motifs is 1. The Balaban J connectivity index is 1.35. The van der Waals surface area contributed by atoms with Crippen LogP contribution in [-0.2, 0) is 17.8 Å². The van der Waals surface area contributed by atoms with E-state index in [9.17, 15) is 4.79 Å². The Labute approximate surface area is 144 Å². The van der Waals surface area contributed by atoms with Crippen molar-refractivity contribution in [3.8, 4) is 0 Å². The van der Waals surface area contributed by atoms with Crippen molar-refractivity contribution in [2.75, 3.05) is 19.6 Å². The van der Waals surface area contributed by atoms with Crippen molar-refractivity contribution in [2.24, 2.45) is 5.92 Å². The largest absolute Gasteiger partial charge is 0.338 e. The zero-order chi connectivity index (χ0) is 16.4. The van der Waals surface area contributed by atoms with Crippen LogP contribution in [0.4, 0.5) is 0 Å². The zero-order valence-corrected chi connectivity index (χ0v) is 14.5. The number of rotatable bonds is 4. The van der Waals surface area contributed by atoms with Gasteiger partial charge in [-0.15, -0.1) is 0 Å². The van der Waals surface area contributed by atoms with Gasteiger partial charge >= 0.3 is 0 Å². The molecule has 0 spiro atoms. The first-order valence-electron chi connectivity index (χ1n) is 9.63. The minimum atomic E-state index is 0.316. The Hall–Kier alpha value is -1.49. The maximum Gasteiger partial charge on any atom is 0.222 e. The van der Waals surface area contributed by atoms with Crippen LogP contribution >= 0.6 is 0 Å². The quantitative estimate of drug-likeness (QED) is 0.922. The highest BCUT2D eigenvalue weighted by Crippen LogP contribution is 2.29. The van der Waals surface area contributed by atoms with E-state index < -0.39 is 0 Å². The maximum atomic E-state index is 12.5. The minimum Gasteiger partial charge on any atom is -0.338 e. The summed E-state index contributed by atoms with van der Waals surface area (Å²) >= 11 is 0. The molecule has 1 unspecified atom stereocenters. The number of carbonyl (C=O) groups excluding carboxylic acids is 1. The molecule has 0 bridgehead atoms. The Morgan fingerprint density at radius 1 is 1.29 bits per heavy atom. The predicted octanol–water partition coefficient (Wildman–Crippen LogP) is 2.41. The van der Waals surface area contributed by atoms with Crippen LogP contribution < -0.4 is 5.32 Å². The summed E-state index contributed by atoms with van der Waals surface area (Å²) in [6.07, 6.45) is 11.1.